The van der Waals surface area contributed by atoms with Crippen molar-refractivity contribution in [3.05, 3.63) is 59.7 Å². The third kappa shape index (κ3) is 5.21. The van der Waals surface area contributed by atoms with Crippen LogP contribution in [0.15, 0.2) is 53.4 Å². The molecule has 0 aliphatic heterocycles. The van der Waals surface area contributed by atoms with Gasteiger partial charge >= 0.3 is 0 Å². The third-order valence-electron chi connectivity index (χ3n) is 3.30. The first-order valence-corrected chi connectivity index (χ1v) is 8.84. The first-order valence-electron chi connectivity index (χ1n) is 7.52. The van der Waals surface area contributed by atoms with Crippen LogP contribution in [0.1, 0.15) is 18.1 Å². The molecule has 1 atom stereocenters. The molecule has 0 aliphatic carbocycles. The van der Waals surface area contributed by atoms with Crippen molar-refractivity contribution in [1.82, 2.24) is 5.32 Å². The second kappa shape index (κ2) is 8.48. The smallest absolute Gasteiger partial charge is 0.233 e. The molecule has 0 aromatic heterocycles. The summed E-state index contributed by atoms with van der Waals surface area (Å²) in [6.07, 6.45) is 0. The van der Waals surface area contributed by atoms with Crippen molar-refractivity contribution in [3.8, 4) is 5.75 Å². The van der Waals surface area contributed by atoms with Crippen molar-refractivity contribution in [2.24, 2.45) is 0 Å². The van der Waals surface area contributed by atoms with Crippen LogP contribution in [0.2, 0.25) is 0 Å². The van der Waals surface area contributed by atoms with Crippen molar-refractivity contribution in [3.63, 3.8) is 0 Å². The lowest BCUT2D eigenvalue weighted by atomic mass is 10.2. The zero-order valence-corrected chi connectivity index (χ0v) is 14.2. The van der Waals surface area contributed by atoms with Gasteiger partial charge in [-0.3, -0.25) is 9.00 Å². The first-order chi connectivity index (χ1) is 11.1. The van der Waals surface area contributed by atoms with Crippen LogP contribution in [0.25, 0.3) is 0 Å². The molecule has 2 aromatic carbocycles. The van der Waals surface area contributed by atoms with E-state index in [2.05, 4.69) is 5.32 Å². The number of carbonyl (C=O) groups is 1. The lowest BCUT2D eigenvalue weighted by Gasteiger charge is -2.09. The summed E-state index contributed by atoms with van der Waals surface area (Å²) in [5.41, 5.74) is 1.88. The maximum Gasteiger partial charge on any atom is 0.233 e. The van der Waals surface area contributed by atoms with Gasteiger partial charge < -0.3 is 10.1 Å². The Balaban J connectivity index is 1.89. The number of nitrogens with one attached hydrogen (secondary N) is 1. The molecular weight excluding hydrogens is 310 g/mol. The molecule has 1 N–H and O–H groups in total. The number of ether oxygens (including phenoxy) is 1. The molecule has 0 bridgehead atoms. The third-order valence-corrected chi connectivity index (χ3v) is 4.77. The van der Waals surface area contributed by atoms with E-state index in [1.807, 2.05) is 56.3 Å². The van der Waals surface area contributed by atoms with Gasteiger partial charge in [-0.2, -0.15) is 0 Å². The van der Waals surface area contributed by atoms with Crippen LogP contribution >= 0.6 is 0 Å². The van der Waals surface area contributed by atoms with Crippen LogP contribution in [0.4, 0.5) is 0 Å². The van der Waals surface area contributed by atoms with E-state index in [-0.39, 0.29) is 11.7 Å². The Hall–Kier alpha value is -2.14. The van der Waals surface area contributed by atoms with E-state index in [9.17, 15) is 9.00 Å². The Morgan fingerprint density at radius 3 is 2.70 bits per heavy atom. The van der Waals surface area contributed by atoms with E-state index in [1.54, 1.807) is 6.07 Å². The highest BCUT2D eigenvalue weighted by Crippen LogP contribution is 2.14. The molecule has 0 radical (unpaired) electrons. The number of rotatable bonds is 7. The molecule has 0 aliphatic rings. The minimum Gasteiger partial charge on any atom is -0.494 e. The zero-order valence-electron chi connectivity index (χ0n) is 13.4. The topological polar surface area (TPSA) is 55.4 Å². The highest BCUT2D eigenvalue weighted by atomic mass is 32.2. The van der Waals surface area contributed by atoms with Crippen LogP contribution in [-0.2, 0) is 22.1 Å². The summed E-state index contributed by atoms with van der Waals surface area (Å²) in [7, 11) is -1.33. The van der Waals surface area contributed by atoms with Gasteiger partial charge in [0.05, 0.1) is 17.4 Å². The number of hydrogen-bond donors (Lipinski definition) is 1. The molecule has 5 heteroatoms. The maximum atomic E-state index is 12.3. The van der Waals surface area contributed by atoms with E-state index in [1.165, 1.54) is 0 Å². The number of amides is 1. The summed E-state index contributed by atoms with van der Waals surface area (Å²) in [6.45, 7) is 4.82. The minimum absolute atomic E-state index is 0.0317. The van der Waals surface area contributed by atoms with Crippen molar-refractivity contribution >= 4 is 16.7 Å². The quantitative estimate of drug-likeness (QED) is 0.849. The lowest BCUT2D eigenvalue weighted by molar-refractivity contribution is -0.118. The summed E-state index contributed by atoms with van der Waals surface area (Å²) in [6, 6.07) is 15.0. The van der Waals surface area contributed by atoms with Gasteiger partial charge in [0.15, 0.2) is 0 Å². The van der Waals surface area contributed by atoms with Crippen molar-refractivity contribution in [2.75, 3.05) is 12.4 Å². The molecule has 2 aromatic rings. The van der Waals surface area contributed by atoms with E-state index in [0.717, 1.165) is 16.9 Å². The van der Waals surface area contributed by atoms with Gasteiger partial charge in [-0.1, -0.05) is 30.3 Å². The van der Waals surface area contributed by atoms with E-state index in [4.69, 9.17) is 4.74 Å². The van der Waals surface area contributed by atoms with Crippen molar-refractivity contribution in [2.45, 2.75) is 25.3 Å². The zero-order chi connectivity index (χ0) is 16.7. The SMILES string of the molecule is CCOc1cccc(CNC(=O)C[S@](=O)c2ccccc2C)c1. The number of hydrogen-bond acceptors (Lipinski definition) is 3. The highest BCUT2D eigenvalue weighted by Gasteiger charge is 2.11. The van der Waals surface area contributed by atoms with Crippen LogP contribution in [0.5, 0.6) is 5.75 Å². The van der Waals surface area contributed by atoms with Crippen molar-refractivity contribution in [1.29, 1.82) is 0 Å². The fourth-order valence-electron chi connectivity index (χ4n) is 2.17. The fourth-order valence-corrected chi connectivity index (χ4v) is 3.33. The fraction of sp³-hybridized carbons (Fsp3) is 0.278. The molecule has 0 saturated heterocycles. The number of aryl methyl sites for hydroxylation is 1. The Morgan fingerprint density at radius 2 is 1.96 bits per heavy atom. The normalized spacial score (nSPS) is 11.7. The Bertz CT molecular complexity index is 700. The molecule has 0 saturated carbocycles. The second-order valence-corrected chi connectivity index (χ2v) is 6.53. The second-order valence-electron chi connectivity index (χ2n) is 5.11. The summed E-state index contributed by atoms with van der Waals surface area (Å²) in [5.74, 6) is 0.520. The van der Waals surface area contributed by atoms with Gasteiger partial charge in [-0.05, 0) is 43.2 Å². The Kier molecular flexibility index (Phi) is 6.35. The number of benzene rings is 2. The largest absolute Gasteiger partial charge is 0.494 e. The molecule has 122 valence electrons. The van der Waals surface area contributed by atoms with Gasteiger partial charge in [-0.15, -0.1) is 0 Å². The summed E-state index contributed by atoms with van der Waals surface area (Å²) in [5, 5.41) is 2.80. The predicted octanol–water partition coefficient (Wildman–Crippen LogP) is 2.82. The van der Waals surface area contributed by atoms with E-state index >= 15 is 0 Å². The van der Waals surface area contributed by atoms with Gasteiger partial charge in [-0.25, -0.2) is 0 Å². The minimum atomic E-state index is -1.33. The average molecular weight is 331 g/mol. The molecule has 23 heavy (non-hydrogen) atoms. The summed E-state index contributed by atoms with van der Waals surface area (Å²) >= 11 is 0. The maximum absolute atomic E-state index is 12.3. The molecule has 0 spiro atoms. The van der Waals surface area contributed by atoms with E-state index in [0.29, 0.717) is 18.0 Å². The van der Waals surface area contributed by atoms with Crippen molar-refractivity contribution < 1.29 is 13.7 Å². The molecule has 1 amide bonds. The Labute approximate surface area is 139 Å². The van der Waals surface area contributed by atoms with E-state index < -0.39 is 10.8 Å². The van der Waals surface area contributed by atoms with Crippen LogP contribution in [0, 0.1) is 6.92 Å². The molecule has 0 fully saturated rings. The summed E-state index contributed by atoms with van der Waals surface area (Å²) < 4.78 is 17.7. The van der Waals surface area contributed by atoms with Gasteiger partial charge in [0.25, 0.3) is 0 Å². The van der Waals surface area contributed by atoms with Crippen LogP contribution in [0.3, 0.4) is 0 Å². The van der Waals surface area contributed by atoms with Gasteiger partial charge in [0, 0.05) is 11.4 Å². The van der Waals surface area contributed by atoms with Crippen LogP contribution < -0.4 is 10.1 Å². The first kappa shape index (κ1) is 17.2. The van der Waals surface area contributed by atoms with Gasteiger partial charge in [0.2, 0.25) is 5.91 Å². The summed E-state index contributed by atoms with van der Waals surface area (Å²) in [4.78, 5) is 12.7. The monoisotopic (exact) mass is 331 g/mol. The molecule has 4 nitrogen and oxygen atoms in total. The average Bonchev–Trinajstić information content (AvgIpc) is 2.54. The van der Waals surface area contributed by atoms with Crippen LogP contribution in [-0.4, -0.2) is 22.5 Å². The molecule has 0 heterocycles. The molecule has 0 unspecified atom stereocenters. The Morgan fingerprint density at radius 1 is 1.17 bits per heavy atom. The highest BCUT2D eigenvalue weighted by molar-refractivity contribution is 7.85. The predicted molar refractivity (Wildman–Crippen MR) is 91.9 cm³/mol. The van der Waals surface area contributed by atoms with Gasteiger partial charge in [0.1, 0.15) is 11.5 Å². The standard InChI is InChI=1S/C18H21NO3S/c1-3-22-16-9-6-8-15(11-16)12-19-18(20)13-23(21)17-10-5-4-7-14(17)2/h4-11H,3,12-13H2,1-2H3,(H,19,20)/t23-/m0/s1. The molecular formula is C18H21NO3S. The number of carbonyl (C=O) groups excluding carboxylic acids is 1. The lowest BCUT2D eigenvalue weighted by Crippen LogP contribution is -2.28. The molecule has 2 rings (SSSR count).